The normalized spacial score (nSPS) is 18.7. The summed E-state index contributed by atoms with van der Waals surface area (Å²) in [5.41, 5.74) is 13.1. The summed E-state index contributed by atoms with van der Waals surface area (Å²) in [6.45, 7) is 0. The lowest BCUT2D eigenvalue weighted by Crippen LogP contribution is -2.28. The molecular weight excluding hydrogens is 247 g/mol. The highest BCUT2D eigenvalue weighted by atomic mass is 35.5. The number of rotatable bonds is 3. The highest BCUT2D eigenvalue weighted by molar-refractivity contribution is 6.30. The fraction of sp³-hybridized carbons (Fsp3) is 0.455. The molecule has 0 amide bonds. The Kier molecular flexibility index (Phi) is 4.44. The molecule has 1 aromatic rings. The number of benzene rings is 1. The lowest BCUT2D eigenvalue weighted by Gasteiger charge is -2.20. The number of aliphatic hydroxyl groups excluding tert-OH is 1. The molecule has 3 nitrogen and oxygen atoms in total. The first kappa shape index (κ1) is 13.6. The zero-order chi connectivity index (χ0) is 11.0. The van der Waals surface area contributed by atoms with Crippen LogP contribution in [0, 0.1) is 5.92 Å². The smallest absolute Gasteiger partial charge is 0.0761 e. The number of nitrogen functional groups attached to an aromatic ring is 1. The molecule has 1 aliphatic carbocycles. The Morgan fingerprint density at radius 2 is 2.00 bits per heavy atom. The Morgan fingerprint density at radius 1 is 1.38 bits per heavy atom. The number of halogens is 2. The summed E-state index contributed by atoms with van der Waals surface area (Å²) in [5.74, 6) is 0.332. The molecule has 1 fully saturated rings. The fourth-order valence-electron chi connectivity index (χ4n) is 1.75. The standard InChI is InChI=1S/C11H15ClN2O.ClH/c12-7-3-4-9(13)8(5-7)10(14)11(15)6-1-2-6;/h3-6,10-11,15H,1-2,13-14H2;1H/t10-,11+;/m0./s1. The second-order valence-electron chi connectivity index (χ2n) is 4.13. The average Bonchev–Trinajstić information content (AvgIpc) is 3.03. The molecule has 0 spiro atoms. The van der Waals surface area contributed by atoms with Gasteiger partial charge >= 0.3 is 0 Å². The molecule has 0 aromatic heterocycles. The molecule has 5 heteroatoms. The summed E-state index contributed by atoms with van der Waals surface area (Å²) in [5, 5.41) is 10.5. The van der Waals surface area contributed by atoms with Gasteiger partial charge in [0.2, 0.25) is 0 Å². The van der Waals surface area contributed by atoms with Crippen molar-refractivity contribution in [2.75, 3.05) is 5.73 Å². The highest BCUT2D eigenvalue weighted by Crippen LogP contribution is 2.38. The maximum Gasteiger partial charge on any atom is 0.0761 e. The van der Waals surface area contributed by atoms with E-state index < -0.39 is 12.1 Å². The van der Waals surface area contributed by atoms with Gasteiger partial charge in [0.25, 0.3) is 0 Å². The highest BCUT2D eigenvalue weighted by Gasteiger charge is 2.34. The van der Waals surface area contributed by atoms with Gasteiger partial charge in [-0.15, -0.1) is 12.4 Å². The van der Waals surface area contributed by atoms with Crippen LogP contribution in [0.25, 0.3) is 0 Å². The molecule has 1 saturated carbocycles. The van der Waals surface area contributed by atoms with Crippen LogP contribution in [0.3, 0.4) is 0 Å². The third-order valence-electron chi connectivity index (χ3n) is 2.88. The molecule has 0 saturated heterocycles. The van der Waals surface area contributed by atoms with E-state index in [1.54, 1.807) is 18.2 Å². The lowest BCUT2D eigenvalue weighted by atomic mass is 9.98. The molecule has 1 aromatic carbocycles. The van der Waals surface area contributed by atoms with Crippen LogP contribution >= 0.6 is 24.0 Å². The van der Waals surface area contributed by atoms with Crippen molar-refractivity contribution in [3.63, 3.8) is 0 Å². The van der Waals surface area contributed by atoms with Crippen molar-refractivity contribution >= 4 is 29.7 Å². The van der Waals surface area contributed by atoms with Crippen LogP contribution in [0.15, 0.2) is 18.2 Å². The molecule has 0 unspecified atom stereocenters. The molecule has 0 aliphatic heterocycles. The topological polar surface area (TPSA) is 72.3 Å². The van der Waals surface area contributed by atoms with Gasteiger partial charge in [0.05, 0.1) is 12.1 Å². The predicted octanol–water partition coefficient (Wildman–Crippen LogP) is 2.11. The molecular formula is C11H16Cl2N2O. The summed E-state index contributed by atoms with van der Waals surface area (Å²) in [6.07, 6.45) is 1.59. The summed E-state index contributed by atoms with van der Waals surface area (Å²) in [7, 11) is 0. The first-order chi connectivity index (χ1) is 7.09. The van der Waals surface area contributed by atoms with Crippen molar-refractivity contribution in [3.05, 3.63) is 28.8 Å². The summed E-state index contributed by atoms with van der Waals surface area (Å²) < 4.78 is 0. The maximum atomic E-state index is 9.90. The van der Waals surface area contributed by atoms with Gasteiger partial charge in [-0.1, -0.05) is 11.6 Å². The minimum absolute atomic E-state index is 0. The maximum absolute atomic E-state index is 9.90. The predicted molar refractivity (Wildman–Crippen MR) is 68.8 cm³/mol. The number of aliphatic hydroxyl groups is 1. The second kappa shape index (κ2) is 5.23. The van der Waals surface area contributed by atoms with Crippen molar-refractivity contribution < 1.29 is 5.11 Å². The van der Waals surface area contributed by atoms with Gasteiger partial charge < -0.3 is 16.6 Å². The summed E-state index contributed by atoms with van der Waals surface area (Å²) >= 11 is 5.87. The molecule has 90 valence electrons. The average molecular weight is 263 g/mol. The van der Waals surface area contributed by atoms with E-state index in [-0.39, 0.29) is 12.4 Å². The van der Waals surface area contributed by atoms with Crippen LogP contribution < -0.4 is 11.5 Å². The Hall–Kier alpha value is -0.480. The monoisotopic (exact) mass is 262 g/mol. The first-order valence-corrected chi connectivity index (χ1v) is 5.46. The molecule has 0 radical (unpaired) electrons. The van der Waals surface area contributed by atoms with Crippen LogP contribution in [0.5, 0.6) is 0 Å². The van der Waals surface area contributed by atoms with Gasteiger partial charge in [-0.3, -0.25) is 0 Å². The number of hydrogen-bond acceptors (Lipinski definition) is 3. The Labute approximate surface area is 106 Å². The summed E-state index contributed by atoms with van der Waals surface area (Å²) in [6, 6.07) is 4.73. The van der Waals surface area contributed by atoms with E-state index in [1.807, 2.05) is 0 Å². The molecule has 0 heterocycles. The van der Waals surface area contributed by atoms with E-state index in [1.165, 1.54) is 0 Å². The molecule has 2 rings (SSSR count). The Bertz CT molecular complexity index is 369. The van der Waals surface area contributed by atoms with Gasteiger partial charge in [-0.25, -0.2) is 0 Å². The van der Waals surface area contributed by atoms with E-state index in [2.05, 4.69) is 0 Å². The van der Waals surface area contributed by atoms with Crippen LogP contribution in [0.4, 0.5) is 5.69 Å². The Balaban J connectivity index is 0.00000128. The minimum Gasteiger partial charge on any atom is -0.398 e. The van der Waals surface area contributed by atoms with Gasteiger partial charge in [0, 0.05) is 10.7 Å². The van der Waals surface area contributed by atoms with Crippen LogP contribution in [-0.2, 0) is 0 Å². The number of anilines is 1. The van der Waals surface area contributed by atoms with E-state index in [9.17, 15) is 5.11 Å². The molecule has 0 bridgehead atoms. The lowest BCUT2D eigenvalue weighted by molar-refractivity contribution is 0.122. The van der Waals surface area contributed by atoms with E-state index >= 15 is 0 Å². The first-order valence-electron chi connectivity index (χ1n) is 5.08. The van der Waals surface area contributed by atoms with Crippen molar-refractivity contribution in [2.45, 2.75) is 25.0 Å². The molecule has 16 heavy (non-hydrogen) atoms. The van der Waals surface area contributed by atoms with E-state index in [0.29, 0.717) is 16.6 Å². The van der Waals surface area contributed by atoms with Crippen LogP contribution in [0.2, 0.25) is 5.02 Å². The van der Waals surface area contributed by atoms with E-state index in [0.717, 1.165) is 18.4 Å². The number of hydrogen-bond donors (Lipinski definition) is 3. The quantitative estimate of drug-likeness (QED) is 0.731. The van der Waals surface area contributed by atoms with Crippen molar-refractivity contribution in [3.8, 4) is 0 Å². The zero-order valence-electron chi connectivity index (χ0n) is 8.77. The van der Waals surface area contributed by atoms with Gasteiger partial charge in [-0.05, 0) is 42.5 Å². The second-order valence-corrected chi connectivity index (χ2v) is 4.56. The summed E-state index contributed by atoms with van der Waals surface area (Å²) in [4.78, 5) is 0. The van der Waals surface area contributed by atoms with Crippen molar-refractivity contribution in [1.29, 1.82) is 0 Å². The molecule has 2 atom stereocenters. The fourth-order valence-corrected chi connectivity index (χ4v) is 1.93. The third kappa shape index (κ3) is 2.80. The SMILES string of the molecule is Cl.Nc1ccc(Cl)cc1[C@H](N)[C@H](O)C1CC1. The van der Waals surface area contributed by atoms with Crippen molar-refractivity contribution in [2.24, 2.45) is 11.7 Å². The van der Waals surface area contributed by atoms with Crippen LogP contribution in [-0.4, -0.2) is 11.2 Å². The largest absolute Gasteiger partial charge is 0.398 e. The third-order valence-corrected chi connectivity index (χ3v) is 3.12. The minimum atomic E-state index is -0.509. The van der Waals surface area contributed by atoms with Crippen LogP contribution in [0.1, 0.15) is 24.4 Å². The molecule has 1 aliphatic rings. The zero-order valence-corrected chi connectivity index (χ0v) is 10.3. The van der Waals surface area contributed by atoms with Gasteiger partial charge in [0.15, 0.2) is 0 Å². The molecule has 5 N–H and O–H groups in total. The number of nitrogens with two attached hydrogens (primary N) is 2. The van der Waals surface area contributed by atoms with Crippen molar-refractivity contribution in [1.82, 2.24) is 0 Å². The van der Waals surface area contributed by atoms with Gasteiger partial charge in [-0.2, -0.15) is 0 Å². The Morgan fingerprint density at radius 3 is 2.56 bits per heavy atom. The van der Waals surface area contributed by atoms with E-state index in [4.69, 9.17) is 23.1 Å². The van der Waals surface area contributed by atoms with Gasteiger partial charge in [0.1, 0.15) is 0 Å².